The highest BCUT2D eigenvalue weighted by atomic mass is 16.4. The van der Waals surface area contributed by atoms with Crippen LogP contribution in [0, 0.1) is 6.92 Å². The van der Waals surface area contributed by atoms with E-state index in [-0.39, 0.29) is 0 Å². The molecule has 0 spiro atoms. The lowest BCUT2D eigenvalue weighted by atomic mass is 9.74. The Labute approximate surface area is 136 Å². The molecule has 1 saturated carbocycles. The predicted octanol–water partition coefficient (Wildman–Crippen LogP) is 3.87. The second-order valence-electron chi connectivity index (χ2n) is 6.23. The van der Waals surface area contributed by atoms with Crippen LogP contribution in [0.15, 0.2) is 6.07 Å². The van der Waals surface area contributed by atoms with Crippen molar-refractivity contribution < 1.29 is 9.90 Å². The largest absolute Gasteiger partial charge is 0.478 e. The summed E-state index contributed by atoms with van der Waals surface area (Å²) in [5.74, 6) is 1.07. The summed E-state index contributed by atoms with van der Waals surface area (Å²) in [5, 5.41) is 16.9. The Morgan fingerprint density at radius 2 is 2.09 bits per heavy atom. The number of carboxylic acids is 1. The summed E-state index contributed by atoms with van der Waals surface area (Å²) < 4.78 is 0. The minimum absolute atomic E-state index is 0.380. The SMILES string of the molecule is CCc1nc(-c2cc(C(=O)O)c(CC)c(C)c2C2CCC2)n[nH]1. The van der Waals surface area contributed by atoms with E-state index in [2.05, 4.69) is 22.1 Å². The lowest BCUT2D eigenvalue weighted by Gasteiger charge is -2.30. The van der Waals surface area contributed by atoms with Crippen LogP contribution in [0.1, 0.15) is 71.9 Å². The standard InChI is InChI=1S/C18H23N3O2/c1-4-12-10(3)16(11-7-6-8-11)14(9-13(12)18(22)23)17-19-15(5-2)20-21-17/h9,11H,4-8H2,1-3H3,(H,22,23)(H,19,20,21). The van der Waals surface area contributed by atoms with Crippen LogP contribution in [0.2, 0.25) is 0 Å². The van der Waals surface area contributed by atoms with Gasteiger partial charge in [-0.05, 0) is 54.9 Å². The lowest BCUT2D eigenvalue weighted by Crippen LogP contribution is -2.16. The molecule has 1 aliphatic carbocycles. The number of rotatable bonds is 5. The van der Waals surface area contributed by atoms with Crippen LogP contribution in [0.3, 0.4) is 0 Å². The number of aromatic amines is 1. The fourth-order valence-corrected chi connectivity index (χ4v) is 3.50. The zero-order valence-electron chi connectivity index (χ0n) is 13.9. The molecule has 23 heavy (non-hydrogen) atoms. The first kappa shape index (κ1) is 15.7. The summed E-state index contributed by atoms with van der Waals surface area (Å²) in [6, 6.07) is 1.78. The highest BCUT2D eigenvalue weighted by molar-refractivity contribution is 5.92. The fraction of sp³-hybridized carbons (Fsp3) is 0.500. The Balaban J connectivity index is 2.24. The average Bonchev–Trinajstić information content (AvgIpc) is 2.95. The first-order valence-electron chi connectivity index (χ1n) is 8.38. The Morgan fingerprint density at radius 1 is 1.35 bits per heavy atom. The fourth-order valence-electron chi connectivity index (χ4n) is 3.50. The second kappa shape index (κ2) is 6.14. The molecular formula is C18H23N3O2. The molecule has 1 fully saturated rings. The maximum Gasteiger partial charge on any atom is 0.335 e. The number of hydrogen-bond acceptors (Lipinski definition) is 3. The number of nitrogens with one attached hydrogen (secondary N) is 1. The normalized spacial score (nSPS) is 14.7. The molecule has 0 saturated heterocycles. The first-order valence-corrected chi connectivity index (χ1v) is 8.38. The Bertz CT molecular complexity index is 745. The van der Waals surface area contributed by atoms with E-state index in [1.54, 1.807) is 6.07 Å². The van der Waals surface area contributed by atoms with Gasteiger partial charge in [0.1, 0.15) is 5.82 Å². The van der Waals surface area contributed by atoms with Crippen LogP contribution in [-0.4, -0.2) is 26.3 Å². The number of H-pyrrole nitrogens is 1. The van der Waals surface area contributed by atoms with Crippen molar-refractivity contribution >= 4 is 5.97 Å². The zero-order chi connectivity index (χ0) is 16.6. The molecule has 0 amide bonds. The van der Waals surface area contributed by atoms with Gasteiger partial charge in [0, 0.05) is 12.0 Å². The van der Waals surface area contributed by atoms with Gasteiger partial charge < -0.3 is 5.11 Å². The van der Waals surface area contributed by atoms with Gasteiger partial charge >= 0.3 is 5.97 Å². The first-order chi connectivity index (χ1) is 11.1. The quantitative estimate of drug-likeness (QED) is 0.878. The number of hydrogen-bond donors (Lipinski definition) is 2. The third-order valence-corrected chi connectivity index (χ3v) is 4.97. The molecule has 122 valence electrons. The van der Waals surface area contributed by atoms with E-state index in [1.165, 1.54) is 12.0 Å². The van der Waals surface area contributed by atoms with Crippen LogP contribution < -0.4 is 0 Å². The highest BCUT2D eigenvalue weighted by Gasteiger charge is 2.29. The van der Waals surface area contributed by atoms with Gasteiger partial charge in [-0.2, -0.15) is 5.10 Å². The lowest BCUT2D eigenvalue weighted by molar-refractivity contribution is 0.0695. The predicted molar refractivity (Wildman–Crippen MR) is 88.9 cm³/mol. The van der Waals surface area contributed by atoms with E-state index in [9.17, 15) is 9.90 Å². The van der Waals surface area contributed by atoms with E-state index >= 15 is 0 Å². The molecule has 0 atom stereocenters. The van der Waals surface area contributed by atoms with E-state index in [4.69, 9.17) is 0 Å². The Kier molecular flexibility index (Phi) is 4.20. The van der Waals surface area contributed by atoms with Gasteiger partial charge in [-0.25, -0.2) is 9.78 Å². The summed E-state index contributed by atoms with van der Waals surface area (Å²) in [6.07, 6.45) is 5.06. The third kappa shape index (κ3) is 2.64. The molecule has 5 nitrogen and oxygen atoms in total. The summed E-state index contributed by atoms with van der Waals surface area (Å²) in [7, 11) is 0. The van der Waals surface area contributed by atoms with Crippen LogP contribution in [-0.2, 0) is 12.8 Å². The smallest absolute Gasteiger partial charge is 0.335 e. The van der Waals surface area contributed by atoms with Gasteiger partial charge in [0.05, 0.1) is 5.56 Å². The summed E-state index contributed by atoms with van der Waals surface area (Å²) in [4.78, 5) is 16.2. The molecule has 1 aromatic carbocycles. The number of carboxylic acid groups (broad SMARTS) is 1. The molecule has 5 heteroatoms. The summed E-state index contributed by atoms with van der Waals surface area (Å²) in [6.45, 7) is 6.09. The summed E-state index contributed by atoms with van der Waals surface area (Å²) in [5.41, 5.74) is 4.56. The number of benzene rings is 1. The number of aromatic nitrogens is 3. The van der Waals surface area contributed by atoms with Crippen molar-refractivity contribution in [2.75, 3.05) is 0 Å². The van der Waals surface area contributed by atoms with Crippen LogP contribution in [0.25, 0.3) is 11.4 Å². The van der Waals surface area contributed by atoms with Gasteiger partial charge in [-0.1, -0.05) is 20.3 Å². The molecule has 3 rings (SSSR count). The van der Waals surface area contributed by atoms with Crippen LogP contribution in [0.5, 0.6) is 0 Å². The zero-order valence-corrected chi connectivity index (χ0v) is 13.9. The molecule has 2 N–H and O–H groups in total. The number of carbonyl (C=O) groups is 1. The van der Waals surface area contributed by atoms with Crippen molar-refractivity contribution in [2.45, 2.75) is 58.8 Å². The van der Waals surface area contributed by atoms with E-state index in [0.29, 0.717) is 17.3 Å². The van der Waals surface area contributed by atoms with Crippen molar-refractivity contribution in [2.24, 2.45) is 0 Å². The second-order valence-corrected chi connectivity index (χ2v) is 6.23. The monoisotopic (exact) mass is 313 g/mol. The summed E-state index contributed by atoms with van der Waals surface area (Å²) >= 11 is 0. The van der Waals surface area contributed by atoms with E-state index in [0.717, 1.165) is 48.2 Å². The number of aryl methyl sites for hydroxylation is 1. The number of nitrogens with zero attached hydrogens (tertiary/aromatic N) is 2. The maximum atomic E-state index is 11.7. The highest BCUT2D eigenvalue weighted by Crippen LogP contribution is 2.44. The van der Waals surface area contributed by atoms with Gasteiger partial charge in [0.25, 0.3) is 0 Å². The molecule has 0 unspecified atom stereocenters. The Hall–Kier alpha value is -2.17. The molecule has 1 heterocycles. The minimum atomic E-state index is -0.877. The molecule has 2 aromatic rings. The van der Waals surface area contributed by atoms with Crippen LogP contribution >= 0.6 is 0 Å². The topological polar surface area (TPSA) is 78.9 Å². The van der Waals surface area contributed by atoms with Gasteiger partial charge in [-0.15, -0.1) is 0 Å². The molecular weight excluding hydrogens is 290 g/mol. The van der Waals surface area contributed by atoms with E-state index in [1.807, 2.05) is 13.8 Å². The van der Waals surface area contributed by atoms with Crippen molar-refractivity contribution in [3.05, 3.63) is 34.1 Å². The van der Waals surface area contributed by atoms with Gasteiger partial charge in [0.2, 0.25) is 0 Å². The minimum Gasteiger partial charge on any atom is -0.478 e. The molecule has 1 aromatic heterocycles. The van der Waals surface area contributed by atoms with Crippen LogP contribution in [0.4, 0.5) is 0 Å². The van der Waals surface area contributed by atoms with Gasteiger partial charge in [-0.3, -0.25) is 5.10 Å². The Morgan fingerprint density at radius 3 is 2.57 bits per heavy atom. The molecule has 0 bridgehead atoms. The third-order valence-electron chi connectivity index (χ3n) is 4.97. The van der Waals surface area contributed by atoms with E-state index < -0.39 is 5.97 Å². The molecule has 0 radical (unpaired) electrons. The van der Waals surface area contributed by atoms with Gasteiger partial charge in [0.15, 0.2) is 5.82 Å². The average molecular weight is 313 g/mol. The van der Waals surface area contributed by atoms with Crippen molar-refractivity contribution in [3.63, 3.8) is 0 Å². The molecule has 0 aliphatic heterocycles. The van der Waals surface area contributed by atoms with Crippen molar-refractivity contribution in [1.29, 1.82) is 0 Å². The van der Waals surface area contributed by atoms with Crippen molar-refractivity contribution in [1.82, 2.24) is 15.2 Å². The maximum absolute atomic E-state index is 11.7. The van der Waals surface area contributed by atoms with Crippen molar-refractivity contribution in [3.8, 4) is 11.4 Å². The molecule has 1 aliphatic rings. The number of aromatic carboxylic acids is 1.